The number of allylic oxidation sites excluding steroid dienone is 1. The van der Waals surface area contributed by atoms with Crippen molar-refractivity contribution in [2.45, 2.75) is 18.3 Å². The summed E-state index contributed by atoms with van der Waals surface area (Å²) >= 11 is 17.2. The summed E-state index contributed by atoms with van der Waals surface area (Å²) in [6, 6.07) is 3.28. The van der Waals surface area contributed by atoms with Crippen molar-refractivity contribution in [3.05, 3.63) is 73.7 Å². The molecule has 0 aliphatic heterocycles. The largest absolute Gasteiger partial charge is 0.417 e. The quantitative estimate of drug-likeness (QED) is 0.236. The fourth-order valence-electron chi connectivity index (χ4n) is 2.66. The first-order chi connectivity index (χ1) is 14.2. The number of ketones is 1. The van der Waals surface area contributed by atoms with Crippen LogP contribution >= 0.6 is 47.2 Å². The van der Waals surface area contributed by atoms with Crippen molar-refractivity contribution < 1.29 is 35.5 Å². The first-order valence-corrected chi connectivity index (χ1v) is 9.33. The maximum atomic E-state index is 14.7. The van der Waals surface area contributed by atoms with Crippen LogP contribution in [0.1, 0.15) is 33.0 Å². The van der Waals surface area contributed by atoms with Gasteiger partial charge in [0, 0.05) is 11.1 Å². The lowest BCUT2D eigenvalue weighted by atomic mass is 9.95. The molecule has 13 heteroatoms. The Hall–Kier alpha value is -1.52. The predicted octanol–water partition coefficient (Wildman–Crippen LogP) is 7.89. The molecule has 2 nitrogen and oxygen atoms in total. The second kappa shape index (κ2) is 10.6. The van der Waals surface area contributed by atoms with Crippen LogP contribution in [0.15, 0.2) is 36.4 Å². The third-order valence-electron chi connectivity index (χ3n) is 4.12. The highest BCUT2D eigenvalue weighted by Crippen LogP contribution is 2.42. The van der Waals surface area contributed by atoms with Crippen LogP contribution in [0, 0.1) is 0 Å². The van der Waals surface area contributed by atoms with Gasteiger partial charge in [0.05, 0.1) is 27.2 Å². The molecule has 0 heterocycles. The van der Waals surface area contributed by atoms with E-state index in [2.05, 4.69) is 0 Å². The summed E-state index contributed by atoms with van der Waals surface area (Å²) in [5.74, 6) is -5.27. The standard InChI is InChI=1S/C19H11Cl3F7NO.ClH/c20-13-4-9(5-14(21)17(13)22)11(18(24,25)26)6-15(23)8-1-2-10(16(31)7-30)12(3-8)19(27,28)29;/h1-6,11H,7,30H2;1H/b15-6-;. The Morgan fingerprint density at radius 3 is 1.97 bits per heavy atom. The number of carbonyl (C=O) groups excluding carboxylic acids is 1. The molecule has 0 aliphatic carbocycles. The molecule has 0 radical (unpaired) electrons. The van der Waals surface area contributed by atoms with E-state index in [4.69, 9.17) is 40.5 Å². The first-order valence-electron chi connectivity index (χ1n) is 8.20. The number of nitrogens with two attached hydrogens (primary N) is 1. The summed E-state index contributed by atoms with van der Waals surface area (Å²) in [5.41, 5.74) is 1.33. The molecule has 32 heavy (non-hydrogen) atoms. The second-order valence-corrected chi connectivity index (χ2v) is 7.41. The number of carbonyl (C=O) groups is 1. The zero-order chi connectivity index (χ0) is 23.7. The van der Waals surface area contributed by atoms with E-state index in [1.807, 2.05) is 0 Å². The molecule has 0 aromatic heterocycles. The lowest BCUT2D eigenvalue weighted by Crippen LogP contribution is -2.20. The zero-order valence-corrected chi connectivity index (χ0v) is 18.5. The highest BCUT2D eigenvalue weighted by atomic mass is 35.5. The SMILES string of the molecule is Cl.NCC(=O)c1ccc(/C(F)=C/C(c2cc(Cl)c(Cl)c(Cl)c2)C(F)(F)F)cc1C(F)(F)F. The van der Waals surface area contributed by atoms with Gasteiger partial charge < -0.3 is 5.73 Å². The Labute approximate surface area is 198 Å². The van der Waals surface area contributed by atoms with E-state index in [0.717, 1.165) is 18.2 Å². The monoisotopic (exact) mass is 543 g/mol. The smallest absolute Gasteiger partial charge is 0.324 e. The van der Waals surface area contributed by atoms with Crippen LogP contribution < -0.4 is 5.73 Å². The van der Waals surface area contributed by atoms with E-state index in [1.54, 1.807) is 0 Å². The van der Waals surface area contributed by atoms with E-state index >= 15 is 0 Å². The zero-order valence-electron chi connectivity index (χ0n) is 15.4. The van der Waals surface area contributed by atoms with Gasteiger partial charge in [-0.05, 0) is 29.8 Å². The molecular formula is C19H12Cl4F7NO. The summed E-state index contributed by atoms with van der Waals surface area (Å²) in [7, 11) is 0. The first kappa shape index (κ1) is 28.5. The number of halogens is 11. The molecule has 0 saturated heterocycles. The Morgan fingerprint density at radius 1 is 1.00 bits per heavy atom. The van der Waals surface area contributed by atoms with Crippen molar-refractivity contribution in [2.75, 3.05) is 6.54 Å². The molecule has 2 rings (SSSR count). The number of rotatable bonds is 5. The highest BCUT2D eigenvalue weighted by Gasteiger charge is 2.41. The van der Waals surface area contributed by atoms with E-state index in [0.29, 0.717) is 6.07 Å². The molecule has 0 bridgehead atoms. The van der Waals surface area contributed by atoms with Crippen molar-refractivity contribution >= 4 is 58.8 Å². The molecule has 2 aromatic rings. The highest BCUT2D eigenvalue weighted by molar-refractivity contribution is 6.48. The van der Waals surface area contributed by atoms with Crippen molar-refractivity contribution in [3.63, 3.8) is 0 Å². The van der Waals surface area contributed by atoms with Crippen LogP contribution in [0.3, 0.4) is 0 Å². The maximum absolute atomic E-state index is 14.7. The van der Waals surface area contributed by atoms with Crippen LogP contribution in [0.4, 0.5) is 30.7 Å². The fourth-order valence-corrected chi connectivity index (χ4v) is 3.27. The third kappa shape index (κ3) is 6.51. The Bertz CT molecular complexity index is 1010. The van der Waals surface area contributed by atoms with Crippen LogP contribution in [-0.2, 0) is 6.18 Å². The lowest BCUT2D eigenvalue weighted by Gasteiger charge is -2.19. The van der Waals surface area contributed by atoms with Crippen LogP contribution in [0.2, 0.25) is 15.1 Å². The molecule has 176 valence electrons. The topological polar surface area (TPSA) is 43.1 Å². The second-order valence-electron chi connectivity index (χ2n) is 6.22. The van der Waals surface area contributed by atoms with Gasteiger partial charge in [0.1, 0.15) is 11.7 Å². The van der Waals surface area contributed by atoms with Gasteiger partial charge >= 0.3 is 12.4 Å². The molecule has 2 aromatic carbocycles. The van der Waals surface area contributed by atoms with Crippen molar-refractivity contribution in [3.8, 4) is 0 Å². The number of benzene rings is 2. The molecule has 2 N–H and O–H groups in total. The summed E-state index contributed by atoms with van der Waals surface area (Å²) in [6.07, 6.45) is -10.0. The van der Waals surface area contributed by atoms with Gasteiger partial charge in [0.15, 0.2) is 5.78 Å². The van der Waals surface area contributed by atoms with E-state index in [-0.39, 0.29) is 39.6 Å². The molecule has 0 aliphatic rings. The van der Waals surface area contributed by atoms with Crippen molar-refractivity contribution in [1.29, 1.82) is 0 Å². The molecule has 0 saturated carbocycles. The van der Waals surface area contributed by atoms with E-state index < -0.39 is 58.7 Å². The maximum Gasteiger partial charge on any atom is 0.417 e. The summed E-state index contributed by atoms with van der Waals surface area (Å²) in [6.45, 7) is -0.741. The van der Waals surface area contributed by atoms with Gasteiger partial charge in [0.25, 0.3) is 0 Å². The summed E-state index contributed by atoms with van der Waals surface area (Å²) in [5, 5.41) is -0.861. The number of Topliss-reactive ketones (excluding diaryl/α,β-unsaturated/α-hetero) is 1. The molecule has 1 atom stereocenters. The Morgan fingerprint density at radius 2 is 1.53 bits per heavy atom. The minimum Gasteiger partial charge on any atom is -0.324 e. The van der Waals surface area contributed by atoms with Gasteiger partial charge in [-0.15, -0.1) is 12.4 Å². The van der Waals surface area contributed by atoms with Gasteiger partial charge in [-0.25, -0.2) is 4.39 Å². The van der Waals surface area contributed by atoms with E-state index in [1.165, 1.54) is 0 Å². The molecule has 0 fully saturated rings. The normalized spacial score (nSPS) is 13.5. The van der Waals surface area contributed by atoms with Gasteiger partial charge in [0.2, 0.25) is 0 Å². The molecule has 0 amide bonds. The number of alkyl halides is 6. The number of hydrogen-bond acceptors (Lipinski definition) is 2. The minimum absolute atomic E-state index is 0. The Kier molecular flexibility index (Phi) is 9.45. The van der Waals surface area contributed by atoms with Crippen LogP contribution in [-0.4, -0.2) is 18.5 Å². The molecular weight excluding hydrogens is 533 g/mol. The molecule has 1 unspecified atom stereocenters. The third-order valence-corrected chi connectivity index (χ3v) is 5.31. The summed E-state index contributed by atoms with van der Waals surface area (Å²) in [4.78, 5) is 11.6. The van der Waals surface area contributed by atoms with Crippen LogP contribution in [0.25, 0.3) is 5.83 Å². The van der Waals surface area contributed by atoms with Gasteiger partial charge in [-0.1, -0.05) is 46.9 Å². The van der Waals surface area contributed by atoms with Crippen molar-refractivity contribution in [2.24, 2.45) is 5.73 Å². The lowest BCUT2D eigenvalue weighted by molar-refractivity contribution is -0.140. The van der Waals surface area contributed by atoms with Crippen LogP contribution in [0.5, 0.6) is 0 Å². The van der Waals surface area contributed by atoms with Crippen molar-refractivity contribution in [1.82, 2.24) is 0 Å². The molecule has 0 spiro atoms. The summed E-state index contributed by atoms with van der Waals surface area (Å²) < 4.78 is 95.2. The Balaban J connectivity index is 0.00000512. The van der Waals surface area contributed by atoms with Gasteiger partial charge in [-0.2, -0.15) is 26.3 Å². The van der Waals surface area contributed by atoms with E-state index in [9.17, 15) is 35.5 Å². The average Bonchev–Trinajstić information content (AvgIpc) is 2.67. The number of hydrogen-bond donors (Lipinski definition) is 1. The predicted molar refractivity (Wildman–Crippen MR) is 111 cm³/mol. The minimum atomic E-state index is -5.07. The fraction of sp³-hybridized carbons (Fsp3) is 0.211. The average molecular weight is 545 g/mol. The van der Waals surface area contributed by atoms with Gasteiger partial charge in [-0.3, -0.25) is 4.79 Å².